The number of ether oxygens (including phenoxy) is 1. The predicted octanol–water partition coefficient (Wildman–Crippen LogP) is 2.58. The van der Waals surface area contributed by atoms with Crippen molar-refractivity contribution in [2.24, 2.45) is 0 Å². The lowest BCUT2D eigenvalue weighted by molar-refractivity contribution is -0.140. The fraction of sp³-hybridized carbons (Fsp3) is 0.462. The molecule has 1 fully saturated rings. The summed E-state index contributed by atoms with van der Waals surface area (Å²) in [5.74, 6) is -1.86. The Kier molecular flexibility index (Phi) is 6.58. The molecule has 0 aliphatic carbocycles. The maximum absolute atomic E-state index is 13.1. The average molecular weight is 343 g/mol. The summed E-state index contributed by atoms with van der Waals surface area (Å²) in [6.45, 7) is 1.68. The van der Waals surface area contributed by atoms with E-state index in [0.29, 0.717) is 31.8 Å². The molecule has 22 heavy (non-hydrogen) atoms. The van der Waals surface area contributed by atoms with E-state index in [4.69, 9.17) is 4.74 Å². The van der Waals surface area contributed by atoms with Crippen LogP contribution in [0.25, 0.3) is 0 Å². The second-order valence-electron chi connectivity index (χ2n) is 4.64. The summed E-state index contributed by atoms with van der Waals surface area (Å²) in [6, 6.07) is 2.34. The Morgan fingerprint density at radius 3 is 2.73 bits per heavy atom. The van der Waals surface area contributed by atoms with Crippen molar-refractivity contribution in [3.8, 4) is 0 Å². The number of benzene rings is 1. The van der Waals surface area contributed by atoms with E-state index in [-0.39, 0.29) is 30.6 Å². The van der Waals surface area contributed by atoms with Gasteiger partial charge in [0.2, 0.25) is 5.91 Å². The van der Waals surface area contributed by atoms with Crippen LogP contribution in [0.4, 0.5) is 23.2 Å². The van der Waals surface area contributed by atoms with Crippen LogP contribution in [-0.4, -0.2) is 31.7 Å². The molecule has 124 valence electrons. The number of rotatable bonds is 3. The van der Waals surface area contributed by atoms with Gasteiger partial charge in [-0.3, -0.25) is 4.79 Å². The van der Waals surface area contributed by atoms with E-state index in [0.717, 1.165) is 6.07 Å². The summed E-state index contributed by atoms with van der Waals surface area (Å²) < 4.78 is 56.1. The van der Waals surface area contributed by atoms with Crippen molar-refractivity contribution in [3.63, 3.8) is 0 Å². The van der Waals surface area contributed by atoms with Gasteiger partial charge in [-0.15, -0.1) is 12.4 Å². The zero-order chi connectivity index (χ0) is 15.5. The first-order valence-electron chi connectivity index (χ1n) is 6.35. The number of halogens is 5. The van der Waals surface area contributed by atoms with Crippen molar-refractivity contribution < 1.29 is 27.1 Å². The molecule has 2 rings (SSSR count). The van der Waals surface area contributed by atoms with Gasteiger partial charge in [-0.05, 0) is 18.2 Å². The summed E-state index contributed by atoms with van der Waals surface area (Å²) in [7, 11) is 0. The molecular weight excluding hydrogens is 328 g/mol. The number of hydrogen-bond donors (Lipinski definition) is 2. The molecule has 0 bridgehead atoms. The number of alkyl halides is 3. The van der Waals surface area contributed by atoms with Crippen molar-refractivity contribution in [1.82, 2.24) is 5.32 Å². The molecule has 1 unspecified atom stereocenters. The highest BCUT2D eigenvalue weighted by atomic mass is 35.5. The summed E-state index contributed by atoms with van der Waals surface area (Å²) in [4.78, 5) is 11.7. The molecule has 0 radical (unpaired) electrons. The highest BCUT2D eigenvalue weighted by Gasteiger charge is 2.34. The normalized spacial score (nSPS) is 18.5. The van der Waals surface area contributed by atoms with Crippen LogP contribution in [0.2, 0.25) is 0 Å². The van der Waals surface area contributed by atoms with Gasteiger partial charge in [0.15, 0.2) is 0 Å². The van der Waals surface area contributed by atoms with Crippen LogP contribution >= 0.6 is 12.4 Å². The largest absolute Gasteiger partial charge is 0.419 e. The number of morpholine rings is 1. The number of carbonyl (C=O) groups excluding carboxylic acids is 1. The average Bonchev–Trinajstić information content (AvgIpc) is 2.41. The number of hydrogen-bond acceptors (Lipinski definition) is 3. The lowest BCUT2D eigenvalue weighted by atomic mass is 10.1. The zero-order valence-corrected chi connectivity index (χ0v) is 12.2. The van der Waals surface area contributed by atoms with Gasteiger partial charge in [0.05, 0.1) is 24.7 Å². The smallest absolute Gasteiger partial charge is 0.375 e. The Hall–Kier alpha value is -1.38. The third kappa shape index (κ3) is 5.11. The third-order valence-corrected chi connectivity index (χ3v) is 2.97. The zero-order valence-electron chi connectivity index (χ0n) is 11.4. The molecule has 1 aliphatic rings. The Morgan fingerprint density at radius 2 is 2.14 bits per heavy atom. The van der Waals surface area contributed by atoms with Crippen LogP contribution in [0.3, 0.4) is 0 Å². The molecule has 1 atom stereocenters. The Morgan fingerprint density at radius 1 is 1.41 bits per heavy atom. The van der Waals surface area contributed by atoms with Crippen LogP contribution in [-0.2, 0) is 15.7 Å². The summed E-state index contributed by atoms with van der Waals surface area (Å²) in [5, 5.41) is 5.35. The fourth-order valence-electron chi connectivity index (χ4n) is 1.99. The standard InChI is InChI=1S/C13H14F4N2O2.ClH/c14-11-2-1-8(5-10(11)13(15,16)17)19-12(20)6-9-7-18-3-4-21-9;/h1-2,5,9,18H,3-4,6-7H2,(H,19,20);1H. The van der Waals surface area contributed by atoms with Crippen molar-refractivity contribution in [2.75, 3.05) is 25.0 Å². The van der Waals surface area contributed by atoms with Crippen LogP contribution in [0, 0.1) is 5.82 Å². The van der Waals surface area contributed by atoms with Crippen LogP contribution < -0.4 is 10.6 Å². The minimum absolute atomic E-state index is 0. The van der Waals surface area contributed by atoms with Crippen molar-refractivity contribution in [1.29, 1.82) is 0 Å². The van der Waals surface area contributed by atoms with Gasteiger partial charge in [0.1, 0.15) is 5.82 Å². The quantitative estimate of drug-likeness (QED) is 0.830. The summed E-state index contributed by atoms with van der Waals surface area (Å²) >= 11 is 0. The summed E-state index contributed by atoms with van der Waals surface area (Å²) in [5.41, 5.74) is -1.51. The van der Waals surface area contributed by atoms with Crippen LogP contribution in [0.5, 0.6) is 0 Å². The SMILES string of the molecule is Cl.O=C(CC1CNCCO1)Nc1ccc(F)c(C(F)(F)F)c1. The first-order valence-corrected chi connectivity index (χ1v) is 6.35. The second kappa shape index (κ2) is 7.75. The molecule has 1 amide bonds. The molecule has 4 nitrogen and oxygen atoms in total. The lowest BCUT2D eigenvalue weighted by Crippen LogP contribution is -2.40. The molecule has 0 aromatic heterocycles. The van der Waals surface area contributed by atoms with E-state index in [1.807, 2.05) is 0 Å². The highest BCUT2D eigenvalue weighted by Crippen LogP contribution is 2.33. The van der Waals surface area contributed by atoms with Crippen molar-refractivity contribution >= 4 is 24.0 Å². The maximum atomic E-state index is 13.1. The molecular formula is C13H15ClF4N2O2. The second-order valence-corrected chi connectivity index (χ2v) is 4.64. The minimum Gasteiger partial charge on any atom is -0.375 e. The van der Waals surface area contributed by atoms with Crippen molar-refractivity contribution in [2.45, 2.75) is 18.7 Å². The number of carbonyl (C=O) groups is 1. The first kappa shape index (κ1) is 18.7. The fourth-order valence-corrected chi connectivity index (χ4v) is 1.99. The van der Waals surface area contributed by atoms with Crippen LogP contribution in [0.1, 0.15) is 12.0 Å². The molecule has 1 aromatic rings. The van der Waals surface area contributed by atoms with E-state index in [2.05, 4.69) is 10.6 Å². The third-order valence-electron chi connectivity index (χ3n) is 2.97. The van der Waals surface area contributed by atoms with Gasteiger partial charge in [-0.1, -0.05) is 0 Å². The number of anilines is 1. The van der Waals surface area contributed by atoms with E-state index in [1.165, 1.54) is 0 Å². The van der Waals surface area contributed by atoms with Gasteiger partial charge in [0.25, 0.3) is 0 Å². The Labute approximate surface area is 130 Å². The molecule has 1 saturated heterocycles. The lowest BCUT2D eigenvalue weighted by Gasteiger charge is -2.23. The predicted molar refractivity (Wildman–Crippen MR) is 74.5 cm³/mol. The van der Waals surface area contributed by atoms with Crippen LogP contribution in [0.15, 0.2) is 18.2 Å². The van der Waals surface area contributed by atoms with E-state index in [9.17, 15) is 22.4 Å². The summed E-state index contributed by atoms with van der Waals surface area (Å²) in [6.07, 6.45) is -5.10. The van der Waals surface area contributed by atoms with E-state index >= 15 is 0 Å². The van der Waals surface area contributed by atoms with Gasteiger partial charge in [-0.25, -0.2) is 4.39 Å². The molecule has 1 heterocycles. The highest BCUT2D eigenvalue weighted by molar-refractivity contribution is 5.91. The Balaban J connectivity index is 0.00000242. The van der Waals surface area contributed by atoms with Gasteiger partial charge in [0, 0.05) is 18.8 Å². The molecule has 0 spiro atoms. The molecule has 2 N–H and O–H groups in total. The topological polar surface area (TPSA) is 50.4 Å². The first-order chi connectivity index (χ1) is 9.86. The maximum Gasteiger partial charge on any atom is 0.419 e. The molecule has 1 aromatic carbocycles. The van der Waals surface area contributed by atoms with Gasteiger partial charge in [-0.2, -0.15) is 13.2 Å². The van der Waals surface area contributed by atoms with Crippen molar-refractivity contribution in [3.05, 3.63) is 29.6 Å². The molecule has 0 saturated carbocycles. The van der Waals surface area contributed by atoms with Gasteiger partial charge < -0.3 is 15.4 Å². The number of nitrogens with one attached hydrogen (secondary N) is 2. The van der Waals surface area contributed by atoms with Gasteiger partial charge >= 0.3 is 6.18 Å². The van der Waals surface area contributed by atoms with E-state index in [1.54, 1.807) is 0 Å². The van der Waals surface area contributed by atoms with E-state index < -0.39 is 23.5 Å². The Bertz CT molecular complexity index is 519. The monoisotopic (exact) mass is 342 g/mol. The minimum atomic E-state index is -4.80. The molecule has 9 heteroatoms. The number of amides is 1. The molecule has 1 aliphatic heterocycles.